The highest BCUT2D eigenvalue weighted by atomic mass is 16.5. The molecule has 2 amide bonds. The smallest absolute Gasteiger partial charge is 0.322 e. The van der Waals surface area contributed by atoms with E-state index in [2.05, 4.69) is 17.2 Å². The summed E-state index contributed by atoms with van der Waals surface area (Å²) in [6.07, 6.45) is 6.82. The van der Waals surface area contributed by atoms with E-state index >= 15 is 0 Å². The van der Waals surface area contributed by atoms with Crippen molar-refractivity contribution in [3.05, 3.63) is 65.7 Å². The Balaban J connectivity index is 1.72. The van der Waals surface area contributed by atoms with Crippen LogP contribution >= 0.6 is 0 Å². The lowest BCUT2D eigenvalue weighted by Crippen LogP contribution is -2.37. The molecule has 1 heterocycles. The number of rotatable bonds is 15. The van der Waals surface area contributed by atoms with Gasteiger partial charge in [-0.2, -0.15) is 0 Å². The van der Waals surface area contributed by atoms with Crippen LogP contribution in [0.25, 0.3) is 0 Å². The molecule has 0 atom stereocenters. The average Bonchev–Trinajstić information content (AvgIpc) is 3.33. The molecule has 2 aromatic carbocycles. The zero-order valence-corrected chi connectivity index (χ0v) is 23.2. The monoisotopic (exact) mass is 524 g/mol. The Kier molecular flexibility index (Phi) is 11.3. The highest BCUT2D eigenvalue weighted by Crippen LogP contribution is 2.31. The first-order valence-corrected chi connectivity index (χ1v) is 13.0. The van der Waals surface area contributed by atoms with Crippen LogP contribution in [0.15, 0.2) is 48.9 Å². The van der Waals surface area contributed by atoms with Gasteiger partial charge in [-0.15, -0.1) is 0 Å². The van der Waals surface area contributed by atoms with Crippen LogP contribution in [0.1, 0.15) is 43.0 Å². The summed E-state index contributed by atoms with van der Waals surface area (Å²) in [5.74, 6) is 1.96. The van der Waals surface area contributed by atoms with E-state index in [0.717, 1.165) is 41.8 Å². The summed E-state index contributed by atoms with van der Waals surface area (Å²) >= 11 is 0. The first kappa shape index (κ1) is 28.8. The minimum Gasteiger partial charge on any atom is -0.496 e. The van der Waals surface area contributed by atoms with E-state index in [4.69, 9.17) is 18.9 Å². The molecule has 38 heavy (non-hydrogen) atoms. The van der Waals surface area contributed by atoms with Gasteiger partial charge < -0.3 is 33.7 Å². The van der Waals surface area contributed by atoms with Crippen molar-refractivity contribution in [3.63, 3.8) is 0 Å². The number of hydrogen-bond acceptors (Lipinski definition) is 6. The molecule has 0 radical (unpaired) electrons. The highest BCUT2D eigenvalue weighted by molar-refractivity contribution is 5.89. The highest BCUT2D eigenvalue weighted by Gasteiger charge is 2.18. The predicted octanol–water partition coefficient (Wildman–Crippen LogP) is 5.57. The molecule has 9 nitrogen and oxygen atoms in total. The van der Waals surface area contributed by atoms with Gasteiger partial charge in [-0.3, -0.25) is 0 Å². The summed E-state index contributed by atoms with van der Waals surface area (Å²) in [5.41, 5.74) is 3.47. The zero-order valence-electron chi connectivity index (χ0n) is 23.2. The van der Waals surface area contributed by atoms with Gasteiger partial charge in [0.2, 0.25) is 0 Å². The Hall–Kier alpha value is -3.72. The maximum atomic E-state index is 13.5. The second-order valence-corrected chi connectivity index (χ2v) is 9.17. The van der Waals surface area contributed by atoms with Crippen molar-refractivity contribution in [2.75, 3.05) is 39.3 Å². The normalized spacial score (nSPS) is 10.8. The van der Waals surface area contributed by atoms with Gasteiger partial charge in [-0.25, -0.2) is 9.78 Å². The molecule has 0 aliphatic carbocycles. The summed E-state index contributed by atoms with van der Waals surface area (Å²) in [4.78, 5) is 19.5. The molecule has 0 spiro atoms. The van der Waals surface area contributed by atoms with Crippen LogP contribution in [-0.2, 0) is 24.9 Å². The van der Waals surface area contributed by atoms with E-state index in [1.807, 2.05) is 42.9 Å². The molecular formula is C29H40N4O5. The summed E-state index contributed by atoms with van der Waals surface area (Å²) in [6, 6.07) is 11.1. The molecule has 0 bridgehead atoms. The van der Waals surface area contributed by atoms with Crippen LogP contribution in [0.5, 0.6) is 17.2 Å². The predicted molar refractivity (Wildman–Crippen MR) is 148 cm³/mol. The summed E-state index contributed by atoms with van der Waals surface area (Å²) in [5, 5.41) is 3.01. The Morgan fingerprint density at radius 2 is 1.82 bits per heavy atom. The molecule has 1 N–H and O–H groups in total. The Morgan fingerprint density at radius 1 is 1.03 bits per heavy atom. The number of urea groups is 1. The number of ether oxygens (including phenoxy) is 4. The largest absolute Gasteiger partial charge is 0.496 e. The first-order chi connectivity index (χ1) is 18.4. The number of nitrogens with one attached hydrogen (secondary N) is 1. The van der Waals surface area contributed by atoms with Crippen molar-refractivity contribution in [2.45, 2.75) is 46.3 Å². The fourth-order valence-electron chi connectivity index (χ4n) is 3.99. The molecule has 0 aliphatic heterocycles. The number of aromatic nitrogens is 2. The van der Waals surface area contributed by atoms with Crippen LogP contribution in [0.2, 0.25) is 0 Å². The number of nitrogens with zero attached hydrogens (tertiary/aromatic N) is 3. The van der Waals surface area contributed by atoms with E-state index < -0.39 is 0 Å². The number of benzene rings is 2. The second kappa shape index (κ2) is 14.9. The van der Waals surface area contributed by atoms with E-state index in [0.29, 0.717) is 50.1 Å². The molecular weight excluding hydrogens is 484 g/mol. The van der Waals surface area contributed by atoms with Crippen LogP contribution < -0.4 is 19.5 Å². The van der Waals surface area contributed by atoms with Gasteiger partial charge in [-0.05, 0) is 31.5 Å². The lowest BCUT2D eigenvalue weighted by atomic mass is 10.1. The van der Waals surface area contributed by atoms with Gasteiger partial charge in [0, 0.05) is 37.1 Å². The molecule has 9 heteroatoms. The van der Waals surface area contributed by atoms with Gasteiger partial charge in [0.05, 0.1) is 52.6 Å². The molecule has 206 valence electrons. The van der Waals surface area contributed by atoms with Gasteiger partial charge in [0.15, 0.2) is 11.5 Å². The van der Waals surface area contributed by atoms with Crippen molar-refractivity contribution in [2.24, 2.45) is 7.05 Å². The Labute approximate surface area is 225 Å². The maximum absolute atomic E-state index is 13.5. The number of carbonyl (C=O) groups excluding carboxylic acids is 1. The minimum atomic E-state index is -0.253. The third-order valence-corrected chi connectivity index (χ3v) is 6.02. The molecule has 3 aromatic rings. The number of hydrogen-bond donors (Lipinski definition) is 1. The quantitative estimate of drug-likeness (QED) is 0.262. The topological polar surface area (TPSA) is 87.1 Å². The van der Waals surface area contributed by atoms with E-state index in [1.165, 1.54) is 0 Å². The molecule has 0 unspecified atom stereocenters. The van der Waals surface area contributed by atoms with Crippen molar-refractivity contribution in [3.8, 4) is 17.2 Å². The van der Waals surface area contributed by atoms with Crippen LogP contribution in [0.3, 0.4) is 0 Å². The zero-order chi connectivity index (χ0) is 27.3. The fraction of sp³-hybridized carbons (Fsp3) is 0.448. The van der Waals surface area contributed by atoms with E-state index in [-0.39, 0.29) is 6.03 Å². The van der Waals surface area contributed by atoms with Crippen molar-refractivity contribution in [1.29, 1.82) is 0 Å². The van der Waals surface area contributed by atoms with Crippen molar-refractivity contribution < 1.29 is 23.7 Å². The lowest BCUT2D eigenvalue weighted by Gasteiger charge is -2.24. The average molecular weight is 525 g/mol. The van der Waals surface area contributed by atoms with E-state index in [9.17, 15) is 4.79 Å². The van der Waals surface area contributed by atoms with Crippen molar-refractivity contribution >= 4 is 11.7 Å². The maximum Gasteiger partial charge on any atom is 0.322 e. The Morgan fingerprint density at radius 3 is 2.53 bits per heavy atom. The third-order valence-electron chi connectivity index (χ3n) is 6.02. The number of carbonyl (C=O) groups is 1. The van der Waals surface area contributed by atoms with Gasteiger partial charge in [0.1, 0.15) is 5.75 Å². The van der Waals surface area contributed by atoms with Crippen LogP contribution in [0.4, 0.5) is 10.5 Å². The Bertz CT molecular complexity index is 1160. The second-order valence-electron chi connectivity index (χ2n) is 9.17. The minimum absolute atomic E-state index is 0.253. The summed E-state index contributed by atoms with van der Waals surface area (Å²) in [6.45, 7) is 6.23. The lowest BCUT2D eigenvalue weighted by molar-refractivity contribution is 0.0974. The van der Waals surface area contributed by atoms with Crippen LogP contribution in [-0.4, -0.2) is 54.5 Å². The summed E-state index contributed by atoms with van der Waals surface area (Å²) in [7, 11) is 5.15. The van der Waals surface area contributed by atoms with Gasteiger partial charge in [-0.1, -0.05) is 37.5 Å². The number of anilines is 1. The number of aryl methyl sites for hydroxylation is 2. The fourth-order valence-corrected chi connectivity index (χ4v) is 3.99. The number of amides is 2. The first-order valence-electron chi connectivity index (χ1n) is 13.0. The molecule has 3 rings (SSSR count). The number of methoxy groups -OCH3 is 2. The molecule has 0 saturated heterocycles. The summed E-state index contributed by atoms with van der Waals surface area (Å²) < 4.78 is 24.6. The van der Waals surface area contributed by atoms with E-state index in [1.54, 1.807) is 43.6 Å². The molecule has 0 fully saturated rings. The molecule has 1 aromatic heterocycles. The molecule has 0 aliphatic rings. The van der Waals surface area contributed by atoms with Gasteiger partial charge >= 0.3 is 6.03 Å². The van der Waals surface area contributed by atoms with Crippen molar-refractivity contribution in [1.82, 2.24) is 14.5 Å². The number of imidazole rings is 1. The van der Waals surface area contributed by atoms with Crippen LogP contribution in [0, 0.1) is 6.92 Å². The SMILES string of the molecule is CCCCCOc1cc(NC(=O)N(CCOCc2cn(C)cn2)Cc2cc(C)ccc2OC)ccc1OC. The molecule has 0 saturated carbocycles. The van der Waals surface area contributed by atoms with Gasteiger partial charge in [0.25, 0.3) is 0 Å². The standard InChI is InChI=1S/C29H40N4O5/c1-6-7-8-14-38-28-17-24(10-12-27(28)36-5)31-29(34)33(13-15-37-20-25-19-32(3)21-30-25)18-23-16-22(2)9-11-26(23)35-4/h9-12,16-17,19,21H,6-8,13-15,18,20H2,1-5H3,(H,31,34). The number of unbranched alkanes of at least 4 members (excludes halogenated alkanes) is 2. The third kappa shape index (κ3) is 8.69.